The second kappa shape index (κ2) is 3.67. The molecule has 2 aliphatic heterocycles. The maximum Gasteiger partial charge on any atom is 0.165 e. The van der Waals surface area contributed by atoms with Crippen LogP contribution in [0.1, 0.15) is 17.5 Å². The molecule has 0 radical (unpaired) electrons. The van der Waals surface area contributed by atoms with Gasteiger partial charge in [0.15, 0.2) is 11.5 Å². The van der Waals surface area contributed by atoms with Crippen LogP contribution in [0.4, 0.5) is 0 Å². The molecule has 5 nitrogen and oxygen atoms in total. The number of piperidine rings is 1. The molecule has 1 saturated heterocycles. The number of nitrogens with zero attached hydrogens (tertiary/aromatic N) is 1. The fourth-order valence-electron chi connectivity index (χ4n) is 5.29. The quantitative estimate of drug-likeness (QED) is 0.602. The van der Waals surface area contributed by atoms with Crippen LogP contribution in [-0.4, -0.2) is 57.7 Å². The molecule has 1 fully saturated rings. The molecule has 2 bridgehead atoms. The van der Waals surface area contributed by atoms with Gasteiger partial charge in [0.25, 0.3) is 0 Å². The second-order valence-electron chi connectivity index (χ2n) is 7.08. The average Bonchev–Trinajstić information content (AvgIpc) is 2.85. The van der Waals surface area contributed by atoms with Gasteiger partial charge in [-0.15, -0.1) is 0 Å². The van der Waals surface area contributed by atoms with Gasteiger partial charge in [-0.25, -0.2) is 0 Å². The topological polar surface area (TPSA) is 73.2 Å². The Bertz CT molecular complexity index is 717. The van der Waals surface area contributed by atoms with Crippen molar-refractivity contribution in [3.05, 3.63) is 35.4 Å². The summed E-state index contributed by atoms with van der Waals surface area (Å²) in [5.41, 5.74) is 0.280. The molecule has 2 aliphatic carbocycles. The van der Waals surface area contributed by atoms with Crippen molar-refractivity contribution in [1.29, 1.82) is 0 Å². The summed E-state index contributed by atoms with van der Waals surface area (Å²) in [6.07, 6.45) is 3.51. The number of hydrogen-bond donors (Lipinski definition) is 3. The van der Waals surface area contributed by atoms with Gasteiger partial charge in [-0.05, 0) is 38.1 Å². The van der Waals surface area contributed by atoms with Crippen molar-refractivity contribution in [2.75, 3.05) is 13.6 Å². The maximum atomic E-state index is 11.6. The number of hydrogen-bond acceptors (Lipinski definition) is 5. The summed E-state index contributed by atoms with van der Waals surface area (Å²) < 4.78 is 5.99. The van der Waals surface area contributed by atoms with Crippen LogP contribution in [0.2, 0.25) is 0 Å². The third-order valence-electron chi connectivity index (χ3n) is 6.28. The van der Waals surface area contributed by atoms with Gasteiger partial charge in [-0.1, -0.05) is 18.2 Å². The number of aliphatic hydroxyl groups excluding tert-OH is 1. The lowest BCUT2D eigenvalue weighted by Crippen LogP contribution is -2.75. The number of ether oxygens (including phenoxy) is 1. The van der Waals surface area contributed by atoms with Crippen molar-refractivity contribution >= 4 is 0 Å². The lowest BCUT2D eigenvalue weighted by Gasteiger charge is -2.61. The van der Waals surface area contributed by atoms with E-state index in [9.17, 15) is 15.3 Å². The van der Waals surface area contributed by atoms with Crippen LogP contribution in [0, 0.1) is 0 Å². The molecule has 0 amide bonds. The average molecular weight is 301 g/mol. The highest BCUT2D eigenvalue weighted by Crippen LogP contribution is 2.63. The first-order valence-corrected chi connectivity index (χ1v) is 7.81. The number of phenolic OH excluding ortho intramolecular Hbond substituents is 1. The summed E-state index contributed by atoms with van der Waals surface area (Å²) >= 11 is 0. The monoisotopic (exact) mass is 301 g/mol. The molecule has 5 heteroatoms. The Morgan fingerprint density at radius 3 is 3.00 bits per heavy atom. The van der Waals surface area contributed by atoms with E-state index in [1.165, 1.54) is 0 Å². The van der Waals surface area contributed by atoms with Crippen LogP contribution in [0.15, 0.2) is 24.3 Å². The molecule has 0 aromatic heterocycles. The van der Waals surface area contributed by atoms with E-state index in [1.807, 2.05) is 13.1 Å². The summed E-state index contributed by atoms with van der Waals surface area (Å²) in [7, 11) is 2.03. The Morgan fingerprint density at radius 2 is 2.18 bits per heavy atom. The number of phenols is 1. The van der Waals surface area contributed by atoms with E-state index in [4.69, 9.17) is 4.74 Å². The summed E-state index contributed by atoms with van der Waals surface area (Å²) in [6.45, 7) is 0.835. The smallest absolute Gasteiger partial charge is 0.165 e. The minimum Gasteiger partial charge on any atom is -0.504 e. The predicted molar refractivity (Wildman–Crippen MR) is 79.0 cm³/mol. The number of likely N-dealkylation sites (tertiary alicyclic amines) is 1. The zero-order valence-electron chi connectivity index (χ0n) is 12.4. The van der Waals surface area contributed by atoms with E-state index >= 15 is 0 Å². The molecular weight excluding hydrogens is 282 g/mol. The SMILES string of the molecule is CN1CC[C@]23c4c5ccc(O)c4O[C@H]2[C@H](O)C=C[C@]3(O)[C@H]1C5. The lowest BCUT2D eigenvalue weighted by atomic mass is 9.50. The molecule has 0 saturated carbocycles. The highest BCUT2D eigenvalue weighted by Gasteiger charge is 2.71. The van der Waals surface area contributed by atoms with Crippen LogP contribution in [0.25, 0.3) is 0 Å². The van der Waals surface area contributed by atoms with E-state index in [1.54, 1.807) is 18.2 Å². The third kappa shape index (κ3) is 1.13. The highest BCUT2D eigenvalue weighted by molar-refractivity contribution is 5.63. The van der Waals surface area contributed by atoms with Crippen LogP contribution >= 0.6 is 0 Å². The van der Waals surface area contributed by atoms with E-state index in [-0.39, 0.29) is 11.8 Å². The minimum absolute atomic E-state index is 0.0425. The van der Waals surface area contributed by atoms with Crippen LogP contribution in [-0.2, 0) is 11.8 Å². The molecule has 1 spiro atoms. The fraction of sp³-hybridized carbons (Fsp3) is 0.529. The van der Waals surface area contributed by atoms with Crippen molar-refractivity contribution in [2.45, 2.75) is 42.1 Å². The number of rotatable bonds is 0. The molecule has 4 aliphatic rings. The van der Waals surface area contributed by atoms with E-state index in [0.717, 1.165) is 17.7 Å². The molecule has 22 heavy (non-hydrogen) atoms. The van der Waals surface area contributed by atoms with Gasteiger partial charge < -0.3 is 20.1 Å². The van der Waals surface area contributed by atoms with Crippen molar-refractivity contribution in [3.63, 3.8) is 0 Å². The predicted octanol–water partition coefficient (Wildman–Crippen LogP) is 0.313. The summed E-state index contributed by atoms with van der Waals surface area (Å²) in [5.74, 6) is 0.543. The van der Waals surface area contributed by atoms with E-state index in [2.05, 4.69) is 4.90 Å². The zero-order valence-corrected chi connectivity index (χ0v) is 12.4. The first-order valence-electron chi connectivity index (χ1n) is 7.81. The molecular formula is C17H19NO4. The summed E-state index contributed by atoms with van der Waals surface area (Å²) in [4.78, 5) is 2.19. The molecule has 116 valence electrons. The van der Waals surface area contributed by atoms with Crippen molar-refractivity contribution < 1.29 is 20.1 Å². The Kier molecular flexibility index (Phi) is 2.16. The molecule has 0 unspecified atom stereocenters. The Labute approximate surface area is 128 Å². The van der Waals surface area contributed by atoms with Gasteiger partial charge in [0.1, 0.15) is 17.8 Å². The fourth-order valence-corrected chi connectivity index (χ4v) is 5.29. The van der Waals surface area contributed by atoms with E-state index < -0.39 is 23.2 Å². The van der Waals surface area contributed by atoms with Gasteiger partial charge in [0.05, 0.1) is 5.41 Å². The number of benzene rings is 1. The molecule has 3 N–H and O–H groups in total. The first kappa shape index (κ1) is 12.9. The van der Waals surface area contributed by atoms with Gasteiger partial charge >= 0.3 is 0 Å². The minimum atomic E-state index is -1.07. The Morgan fingerprint density at radius 1 is 1.36 bits per heavy atom. The zero-order chi connectivity index (χ0) is 15.3. The van der Waals surface area contributed by atoms with Crippen molar-refractivity contribution in [2.24, 2.45) is 0 Å². The standard InChI is InChI=1S/C17H19NO4/c1-18-7-6-16-13-9-2-3-10(19)14(13)22-15(16)11(20)4-5-17(16,21)12(18)8-9/h2-5,11-12,15,19-21H,6-8H2,1H3/t11-,12-,15+,16+,17+/m1/s1. The van der Waals surface area contributed by atoms with E-state index in [0.29, 0.717) is 18.6 Å². The Balaban J connectivity index is 1.89. The third-order valence-corrected chi connectivity index (χ3v) is 6.28. The largest absolute Gasteiger partial charge is 0.504 e. The number of aliphatic hydroxyl groups is 2. The molecule has 1 aromatic rings. The first-order chi connectivity index (χ1) is 10.5. The van der Waals surface area contributed by atoms with Gasteiger partial charge in [0.2, 0.25) is 0 Å². The number of aromatic hydroxyl groups is 1. The van der Waals surface area contributed by atoms with Gasteiger partial charge in [-0.3, -0.25) is 4.90 Å². The van der Waals surface area contributed by atoms with Crippen LogP contribution in [0.3, 0.4) is 0 Å². The molecule has 5 atom stereocenters. The molecule has 2 heterocycles. The molecule has 1 aromatic carbocycles. The lowest BCUT2D eigenvalue weighted by molar-refractivity contribution is -0.151. The normalized spacial score (nSPS) is 44.6. The molecule has 5 rings (SSSR count). The van der Waals surface area contributed by atoms with Gasteiger partial charge in [0, 0.05) is 11.6 Å². The number of likely N-dealkylation sites (N-methyl/N-ethyl adjacent to an activating group) is 1. The van der Waals surface area contributed by atoms with Crippen molar-refractivity contribution in [3.8, 4) is 11.5 Å². The van der Waals surface area contributed by atoms with Crippen LogP contribution in [0.5, 0.6) is 11.5 Å². The Hall–Kier alpha value is -1.56. The van der Waals surface area contributed by atoms with Crippen LogP contribution < -0.4 is 4.74 Å². The summed E-state index contributed by atoms with van der Waals surface area (Å²) in [6, 6.07) is 3.54. The van der Waals surface area contributed by atoms with Gasteiger partial charge in [-0.2, -0.15) is 0 Å². The maximum absolute atomic E-state index is 11.6. The summed E-state index contributed by atoms with van der Waals surface area (Å²) in [5, 5.41) is 32.2. The second-order valence-corrected chi connectivity index (χ2v) is 7.08. The van der Waals surface area contributed by atoms with Crippen molar-refractivity contribution in [1.82, 2.24) is 4.90 Å². The highest BCUT2D eigenvalue weighted by atomic mass is 16.5.